The summed E-state index contributed by atoms with van der Waals surface area (Å²) >= 11 is 0. The Morgan fingerprint density at radius 1 is 1.03 bits per heavy atom. The van der Waals surface area contributed by atoms with E-state index in [1.165, 1.54) is 34.6 Å². The summed E-state index contributed by atoms with van der Waals surface area (Å²) < 4.78 is 63.1. The minimum atomic E-state index is -3.91. The molecule has 2 aromatic carbocycles. The maximum Gasteiger partial charge on any atom is 0.253 e. The van der Waals surface area contributed by atoms with Crippen LogP contribution < -0.4 is 14.9 Å². The fourth-order valence-electron chi connectivity index (χ4n) is 3.74. The molecule has 12 nitrogen and oxygen atoms in total. The van der Waals surface area contributed by atoms with Gasteiger partial charge in [0.1, 0.15) is 6.54 Å². The summed E-state index contributed by atoms with van der Waals surface area (Å²) in [6, 6.07) is 11.7. The van der Waals surface area contributed by atoms with Crippen LogP contribution in [0.2, 0.25) is 0 Å². The predicted molar refractivity (Wildman–Crippen MR) is 142 cm³/mol. The first-order valence-corrected chi connectivity index (χ1v) is 15.1. The van der Waals surface area contributed by atoms with Crippen molar-refractivity contribution in [1.29, 1.82) is 0 Å². The number of carbonyl (C=O) groups is 2. The zero-order valence-electron chi connectivity index (χ0n) is 21.3. The first kappa shape index (κ1) is 29.5. The quantitative estimate of drug-likeness (QED) is 0.358. The molecule has 1 heterocycles. The molecule has 208 valence electrons. The fraction of sp³-hybridized carbons (Fsp3) is 0.417. The van der Waals surface area contributed by atoms with Crippen LogP contribution in [0.3, 0.4) is 0 Å². The van der Waals surface area contributed by atoms with E-state index in [1.807, 2.05) is 0 Å². The number of anilines is 2. The summed E-state index contributed by atoms with van der Waals surface area (Å²) in [4.78, 5) is 25.4. The van der Waals surface area contributed by atoms with Gasteiger partial charge in [0.2, 0.25) is 26.0 Å². The predicted octanol–water partition coefficient (Wildman–Crippen LogP) is 0.879. The van der Waals surface area contributed by atoms with Gasteiger partial charge in [-0.05, 0) is 42.8 Å². The zero-order valence-corrected chi connectivity index (χ0v) is 22.9. The third kappa shape index (κ3) is 7.74. The van der Waals surface area contributed by atoms with Gasteiger partial charge in [-0.3, -0.25) is 13.9 Å². The maximum absolute atomic E-state index is 12.9. The topological polar surface area (TPSA) is 151 Å². The van der Waals surface area contributed by atoms with E-state index in [1.54, 1.807) is 25.3 Å². The highest BCUT2D eigenvalue weighted by atomic mass is 32.2. The minimum Gasteiger partial charge on any atom is -0.385 e. The summed E-state index contributed by atoms with van der Waals surface area (Å²) in [5, 5.41) is 5.34. The molecule has 1 saturated heterocycles. The lowest BCUT2D eigenvalue weighted by molar-refractivity contribution is -0.114. The first-order chi connectivity index (χ1) is 18.0. The van der Waals surface area contributed by atoms with E-state index in [4.69, 9.17) is 9.47 Å². The Bertz CT molecular complexity index is 1330. The van der Waals surface area contributed by atoms with Gasteiger partial charge in [0.15, 0.2) is 0 Å². The molecule has 0 aliphatic carbocycles. The lowest BCUT2D eigenvalue weighted by atomic mass is 10.1. The Morgan fingerprint density at radius 2 is 1.68 bits per heavy atom. The average molecular weight is 569 g/mol. The van der Waals surface area contributed by atoms with Crippen LogP contribution in [0, 0.1) is 0 Å². The molecule has 0 atom stereocenters. The lowest BCUT2D eigenvalue weighted by Crippen LogP contribution is -2.40. The summed E-state index contributed by atoms with van der Waals surface area (Å²) in [6.45, 7) is 1.34. The SMILES string of the molecule is COCCCNC(=O)c1ccccc1NC(=O)CN(c1ccc(S(=O)(=O)N2CCOCC2)cc1)S(C)(=O)=O. The number of hydrogen-bond acceptors (Lipinski definition) is 8. The van der Waals surface area contributed by atoms with E-state index in [2.05, 4.69) is 10.6 Å². The summed E-state index contributed by atoms with van der Waals surface area (Å²) in [5.41, 5.74) is 0.566. The molecule has 2 amide bonds. The Balaban J connectivity index is 1.74. The maximum atomic E-state index is 12.9. The third-order valence-corrected chi connectivity index (χ3v) is 8.73. The van der Waals surface area contributed by atoms with Gasteiger partial charge in [0, 0.05) is 33.4 Å². The number of methoxy groups -OCH3 is 1. The highest BCUT2D eigenvalue weighted by Gasteiger charge is 2.27. The smallest absolute Gasteiger partial charge is 0.253 e. The van der Waals surface area contributed by atoms with Crippen LogP contribution in [0.5, 0.6) is 0 Å². The number of rotatable bonds is 12. The number of sulfonamides is 2. The average Bonchev–Trinajstić information content (AvgIpc) is 2.90. The van der Waals surface area contributed by atoms with Crippen molar-refractivity contribution in [1.82, 2.24) is 9.62 Å². The van der Waals surface area contributed by atoms with Crippen molar-refractivity contribution in [2.75, 3.05) is 69.0 Å². The van der Waals surface area contributed by atoms with Crippen LogP contribution in [0.15, 0.2) is 53.4 Å². The van der Waals surface area contributed by atoms with Crippen LogP contribution in [-0.4, -0.2) is 92.3 Å². The van der Waals surface area contributed by atoms with Crippen molar-refractivity contribution in [2.24, 2.45) is 0 Å². The normalized spacial score (nSPS) is 14.6. The Morgan fingerprint density at radius 3 is 2.32 bits per heavy atom. The zero-order chi connectivity index (χ0) is 27.8. The number of para-hydroxylation sites is 1. The molecule has 0 saturated carbocycles. The van der Waals surface area contributed by atoms with E-state index < -0.39 is 38.4 Å². The van der Waals surface area contributed by atoms with Crippen molar-refractivity contribution in [2.45, 2.75) is 11.3 Å². The fourth-order valence-corrected chi connectivity index (χ4v) is 6.01. The van der Waals surface area contributed by atoms with Gasteiger partial charge in [-0.2, -0.15) is 4.31 Å². The number of morpholine rings is 1. The summed E-state index contributed by atoms with van der Waals surface area (Å²) in [5.74, 6) is -1.07. The van der Waals surface area contributed by atoms with E-state index in [0.29, 0.717) is 32.8 Å². The second-order valence-corrected chi connectivity index (χ2v) is 12.3. The van der Waals surface area contributed by atoms with Gasteiger partial charge in [0.05, 0.1) is 41.3 Å². The molecule has 1 aliphatic heterocycles. The Kier molecular flexibility index (Phi) is 10.2. The van der Waals surface area contributed by atoms with Crippen LogP contribution in [-0.2, 0) is 34.3 Å². The summed E-state index contributed by atoms with van der Waals surface area (Å²) in [6.07, 6.45) is 1.56. The molecule has 2 aromatic rings. The number of ether oxygens (including phenoxy) is 2. The van der Waals surface area contributed by atoms with Crippen LogP contribution in [0.4, 0.5) is 11.4 Å². The van der Waals surface area contributed by atoms with E-state index in [-0.39, 0.29) is 34.9 Å². The largest absolute Gasteiger partial charge is 0.385 e. The van der Waals surface area contributed by atoms with Crippen molar-refractivity contribution < 1.29 is 35.9 Å². The van der Waals surface area contributed by atoms with Crippen molar-refractivity contribution in [3.8, 4) is 0 Å². The highest BCUT2D eigenvalue weighted by Crippen LogP contribution is 2.23. The Labute approximate surface area is 223 Å². The number of nitrogens with zero attached hydrogens (tertiary/aromatic N) is 2. The van der Waals surface area contributed by atoms with Gasteiger partial charge >= 0.3 is 0 Å². The van der Waals surface area contributed by atoms with Crippen molar-refractivity contribution >= 4 is 43.2 Å². The number of amides is 2. The second kappa shape index (κ2) is 13.2. The van der Waals surface area contributed by atoms with Gasteiger partial charge in [-0.15, -0.1) is 0 Å². The standard InChI is InChI=1S/C24H32N4O8S2/c1-35-15-5-12-25-24(30)21-6-3-4-7-22(21)26-23(29)18-28(37(2,31)32)19-8-10-20(11-9-19)38(33,34)27-13-16-36-17-14-27/h3-4,6-11H,5,12-18H2,1-2H3,(H,25,30)(H,26,29). The molecule has 3 rings (SSSR count). The first-order valence-electron chi connectivity index (χ1n) is 11.9. The van der Waals surface area contributed by atoms with Crippen molar-refractivity contribution in [3.63, 3.8) is 0 Å². The van der Waals surface area contributed by atoms with Crippen molar-refractivity contribution in [3.05, 3.63) is 54.1 Å². The number of hydrogen-bond donors (Lipinski definition) is 2. The monoisotopic (exact) mass is 568 g/mol. The molecular weight excluding hydrogens is 536 g/mol. The van der Waals surface area contributed by atoms with Gasteiger partial charge in [-0.25, -0.2) is 16.8 Å². The molecule has 38 heavy (non-hydrogen) atoms. The Hall–Kier alpha value is -3.04. The number of carbonyl (C=O) groups excluding carboxylic acids is 2. The molecule has 1 aliphatic rings. The number of benzene rings is 2. The highest BCUT2D eigenvalue weighted by molar-refractivity contribution is 7.92. The van der Waals surface area contributed by atoms with Gasteiger partial charge in [0.25, 0.3) is 5.91 Å². The molecule has 0 aromatic heterocycles. The molecular formula is C24H32N4O8S2. The molecule has 0 radical (unpaired) electrons. The molecule has 14 heteroatoms. The molecule has 0 spiro atoms. The van der Waals surface area contributed by atoms with Gasteiger partial charge in [-0.1, -0.05) is 12.1 Å². The molecule has 0 bridgehead atoms. The minimum absolute atomic E-state index is 0.00601. The molecule has 0 unspecified atom stereocenters. The third-order valence-electron chi connectivity index (χ3n) is 5.68. The second-order valence-electron chi connectivity index (χ2n) is 8.48. The van der Waals surface area contributed by atoms with E-state index >= 15 is 0 Å². The number of nitrogens with one attached hydrogen (secondary N) is 2. The molecule has 1 fully saturated rings. The lowest BCUT2D eigenvalue weighted by Gasteiger charge is -2.26. The van der Waals surface area contributed by atoms with E-state index in [9.17, 15) is 26.4 Å². The summed E-state index contributed by atoms with van der Waals surface area (Å²) in [7, 11) is -6.11. The van der Waals surface area contributed by atoms with Gasteiger partial charge < -0.3 is 20.1 Å². The van der Waals surface area contributed by atoms with Crippen LogP contribution >= 0.6 is 0 Å². The van der Waals surface area contributed by atoms with E-state index in [0.717, 1.165) is 10.6 Å². The van der Waals surface area contributed by atoms with Crippen LogP contribution in [0.25, 0.3) is 0 Å². The van der Waals surface area contributed by atoms with Crippen LogP contribution in [0.1, 0.15) is 16.8 Å². The molecule has 2 N–H and O–H groups in total.